The van der Waals surface area contributed by atoms with Crippen LogP contribution >= 0.6 is 0 Å². The first-order chi connectivity index (χ1) is 6.31. The van der Waals surface area contributed by atoms with Gasteiger partial charge in [0.05, 0.1) is 10.5 Å². The van der Waals surface area contributed by atoms with Crippen LogP contribution in [0.4, 0.5) is 0 Å². The highest BCUT2D eigenvalue weighted by Gasteiger charge is 2.27. The molecule has 0 spiro atoms. The minimum absolute atomic E-state index is 0.307. The summed E-state index contributed by atoms with van der Waals surface area (Å²) >= 11 is 0. The second-order valence-corrected chi connectivity index (χ2v) is 7.35. The Kier molecular flexibility index (Phi) is 5.67. The van der Waals surface area contributed by atoms with Gasteiger partial charge in [-0.05, 0) is 46.7 Å². The summed E-state index contributed by atoms with van der Waals surface area (Å²) in [6.07, 6.45) is 1.69. The van der Waals surface area contributed by atoms with Crippen LogP contribution in [0.5, 0.6) is 0 Å². The van der Waals surface area contributed by atoms with Gasteiger partial charge in [-0.2, -0.15) is 0 Å². The van der Waals surface area contributed by atoms with E-state index in [1.807, 2.05) is 6.92 Å². The van der Waals surface area contributed by atoms with Gasteiger partial charge in [-0.3, -0.25) is 0 Å². The molecule has 0 atom stereocenters. The van der Waals surface area contributed by atoms with Crippen LogP contribution in [0.15, 0.2) is 0 Å². The molecule has 0 rings (SSSR count). The topological polar surface area (TPSA) is 46.2 Å². The van der Waals surface area contributed by atoms with Gasteiger partial charge in [0.25, 0.3) is 0 Å². The molecule has 0 amide bonds. The van der Waals surface area contributed by atoms with Crippen molar-refractivity contribution in [2.24, 2.45) is 0 Å². The summed E-state index contributed by atoms with van der Waals surface area (Å²) < 4.78 is 22.7. The lowest BCUT2D eigenvalue weighted by Gasteiger charge is -2.18. The van der Waals surface area contributed by atoms with E-state index in [0.717, 1.165) is 25.9 Å². The van der Waals surface area contributed by atoms with Gasteiger partial charge in [-0.25, -0.2) is 8.42 Å². The van der Waals surface area contributed by atoms with Crippen molar-refractivity contribution < 1.29 is 8.42 Å². The zero-order chi connectivity index (χ0) is 11.2. The van der Waals surface area contributed by atoms with Crippen molar-refractivity contribution >= 4 is 9.84 Å². The van der Waals surface area contributed by atoms with Crippen molar-refractivity contribution in [2.75, 3.05) is 18.8 Å². The molecule has 0 heterocycles. The molecule has 0 saturated carbocycles. The third-order valence-corrected chi connectivity index (χ3v) is 4.89. The van der Waals surface area contributed by atoms with Gasteiger partial charge in [0.15, 0.2) is 9.84 Å². The summed E-state index contributed by atoms with van der Waals surface area (Å²) in [7, 11) is -2.91. The summed E-state index contributed by atoms with van der Waals surface area (Å²) in [5, 5.41) is 3.18. The van der Waals surface area contributed by atoms with Gasteiger partial charge in [-0.1, -0.05) is 6.92 Å². The molecule has 0 aromatic carbocycles. The van der Waals surface area contributed by atoms with Crippen LogP contribution < -0.4 is 5.32 Å². The van der Waals surface area contributed by atoms with Crippen molar-refractivity contribution in [3.05, 3.63) is 0 Å². The predicted molar refractivity (Wildman–Crippen MR) is 61.3 cm³/mol. The van der Waals surface area contributed by atoms with E-state index in [0.29, 0.717) is 5.75 Å². The fraction of sp³-hybridized carbons (Fsp3) is 1.00. The Morgan fingerprint density at radius 1 is 1.14 bits per heavy atom. The Labute approximate surface area is 88.2 Å². The van der Waals surface area contributed by atoms with Crippen LogP contribution in [-0.4, -0.2) is 32.0 Å². The molecule has 0 aliphatic heterocycles. The molecule has 1 N–H and O–H groups in total. The quantitative estimate of drug-likeness (QED) is 0.693. The van der Waals surface area contributed by atoms with Gasteiger partial charge >= 0.3 is 0 Å². The van der Waals surface area contributed by atoms with Crippen molar-refractivity contribution in [1.29, 1.82) is 0 Å². The molecule has 4 heteroatoms. The SMILES string of the molecule is CCNCCCCS(=O)(=O)C(C)(C)C. The van der Waals surface area contributed by atoms with Crippen LogP contribution in [0.3, 0.4) is 0 Å². The van der Waals surface area contributed by atoms with E-state index >= 15 is 0 Å². The Morgan fingerprint density at radius 3 is 2.14 bits per heavy atom. The molecule has 0 aliphatic rings. The molecule has 86 valence electrons. The van der Waals surface area contributed by atoms with Crippen molar-refractivity contribution in [1.82, 2.24) is 5.32 Å². The molecule has 0 bridgehead atoms. The van der Waals surface area contributed by atoms with Crippen LogP contribution in [0.25, 0.3) is 0 Å². The second-order valence-electron chi connectivity index (χ2n) is 4.49. The maximum Gasteiger partial charge on any atom is 0.155 e. The molecule has 0 unspecified atom stereocenters. The average molecular weight is 221 g/mol. The van der Waals surface area contributed by atoms with E-state index in [1.165, 1.54) is 0 Å². The van der Waals surface area contributed by atoms with Crippen molar-refractivity contribution in [2.45, 2.75) is 45.3 Å². The Balaban J connectivity index is 3.80. The molecule has 3 nitrogen and oxygen atoms in total. The number of rotatable bonds is 6. The number of sulfone groups is 1. The molecule has 0 radical (unpaired) electrons. The predicted octanol–water partition coefficient (Wildman–Crippen LogP) is 1.59. The zero-order valence-electron chi connectivity index (χ0n) is 9.76. The van der Waals surface area contributed by atoms with Crippen LogP contribution in [0.2, 0.25) is 0 Å². The first-order valence-corrected chi connectivity index (χ1v) is 6.89. The Hall–Kier alpha value is -0.0900. The molecule has 0 aromatic rings. The fourth-order valence-electron chi connectivity index (χ4n) is 1.03. The van der Waals surface area contributed by atoms with E-state index in [-0.39, 0.29) is 0 Å². The van der Waals surface area contributed by atoms with Crippen molar-refractivity contribution in [3.8, 4) is 0 Å². The molecular weight excluding hydrogens is 198 g/mol. The van der Waals surface area contributed by atoms with Gasteiger partial charge in [0, 0.05) is 0 Å². The number of unbranched alkanes of at least 4 members (excludes halogenated alkanes) is 1. The standard InChI is InChI=1S/C10H23NO2S/c1-5-11-8-6-7-9-14(12,13)10(2,3)4/h11H,5-9H2,1-4H3. The summed E-state index contributed by atoms with van der Waals surface area (Å²) in [5.74, 6) is 0.307. The van der Waals surface area contributed by atoms with E-state index in [1.54, 1.807) is 20.8 Å². The third kappa shape index (κ3) is 4.96. The summed E-state index contributed by atoms with van der Waals surface area (Å²) in [6, 6.07) is 0. The second kappa shape index (κ2) is 5.71. The molecule has 0 aromatic heterocycles. The lowest BCUT2D eigenvalue weighted by molar-refractivity contribution is 0.554. The molecule has 0 fully saturated rings. The average Bonchev–Trinajstić information content (AvgIpc) is 2.02. The minimum atomic E-state index is -2.91. The monoisotopic (exact) mass is 221 g/mol. The van der Waals surface area contributed by atoms with Crippen LogP contribution in [0.1, 0.15) is 40.5 Å². The summed E-state index contributed by atoms with van der Waals surface area (Å²) in [4.78, 5) is 0. The van der Waals surface area contributed by atoms with Gasteiger partial charge in [-0.15, -0.1) is 0 Å². The van der Waals surface area contributed by atoms with E-state index in [2.05, 4.69) is 5.32 Å². The molecule has 14 heavy (non-hydrogen) atoms. The Morgan fingerprint density at radius 2 is 1.71 bits per heavy atom. The minimum Gasteiger partial charge on any atom is -0.317 e. The van der Waals surface area contributed by atoms with Gasteiger partial charge in [0.2, 0.25) is 0 Å². The van der Waals surface area contributed by atoms with Crippen LogP contribution in [-0.2, 0) is 9.84 Å². The summed E-state index contributed by atoms with van der Waals surface area (Å²) in [6.45, 7) is 9.18. The largest absolute Gasteiger partial charge is 0.317 e. The first kappa shape index (κ1) is 13.9. The summed E-state index contributed by atoms with van der Waals surface area (Å²) in [5.41, 5.74) is 0. The van der Waals surface area contributed by atoms with E-state index in [4.69, 9.17) is 0 Å². The highest BCUT2D eigenvalue weighted by molar-refractivity contribution is 7.92. The number of hydrogen-bond acceptors (Lipinski definition) is 3. The van der Waals surface area contributed by atoms with Gasteiger partial charge < -0.3 is 5.32 Å². The maximum atomic E-state index is 11.7. The van der Waals surface area contributed by atoms with Crippen LogP contribution in [0, 0.1) is 0 Å². The highest BCUT2D eigenvalue weighted by Crippen LogP contribution is 2.16. The number of nitrogens with one attached hydrogen (secondary N) is 1. The normalized spacial score (nSPS) is 13.1. The molecule has 0 aliphatic carbocycles. The lowest BCUT2D eigenvalue weighted by Crippen LogP contribution is -2.30. The molecular formula is C10H23NO2S. The zero-order valence-corrected chi connectivity index (χ0v) is 10.6. The van der Waals surface area contributed by atoms with E-state index in [9.17, 15) is 8.42 Å². The lowest BCUT2D eigenvalue weighted by atomic mass is 10.3. The third-order valence-electron chi connectivity index (χ3n) is 2.20. The van der Waals surface area contributed by atoms with Gasteiger partial charge in [0.1, 0.15) is 0 Å². The highest BCUT2D eigenvalue weighted by atomic mass is 32.2. The van der Waals surface area contributed by atoms with Crippen molar-refractivity contribution in [3.63, 3.8) is 0 Å². The smallest absolute Gasteiger partial charge is 0.155 e. The Bertz CT molecular complexity index is 239. The maximum absolute atomic E-state index is 11.7. The van der Waals surface area contributed by atoms with E-state index < -0.39 is 14.6 Å². The number of hydrogen-bond donors (Lipinski definition) is 1. The first-order valence-electron chi connectivity index (χ1n) is 5.24. The molecule has 0 saturated heterocycles. The fourth-order valence-corrected chi connectivity index (χ4v) is 2.22.